The van der Waals surface area contributed by atoms with Crippen molar-refractivity contribution >= 4 is 21.9 Å². The lowest BCUT2D eigenvalue weighted by atomic mass is 9.88. The summed E-state index contributed by atoms with van der Waals surface area (Å²) in [4.78, 5) is 0. The maximum Gasteiger partial charge on any atom is -0.00271 e. The highest BCUT2D eigenvalue weighted by Gasteiger charge is 2.18. The summed E-state index contributed by atoms with van der Waals surface area (Å²) in [5, 5.41) is 2.76. The molecule has 0 bridgehead atoms. The van der Waals surface area contributed by atoms with Crippen LogP contribution in [0.4, 0.5) is 0 Å². The van der Waals surface area contributed by atoms with E-state index < -0.39 is 0 Å². The molecule has 0 nitrogen and oxygen atoms in total. The lowest BCUT2D eigenvalue weighted by Gasteiger charge is -2.16. The summed E-state index contributed by atoms with van der Waals surface area (Å²) in [6.45, 7) is 12.9. The third kappa shape index (κ3) is 1.98. The molecule has 0 spiro atoms. The van der Waals surface area contributed by atoms with Gasteiger partial charge in [0.1, 0.15) is 0 Å². The summed E-state index contributed by atoms with van der Waals surface area (Å²) in [5.74, 6) is 0. The van der Waals surface area contributed by atoms with Gasteiger partial charge in [0.2, 0.25) is 0 Å². The Morgan fingerprint density at radius 1 is 1.10 bits per heavy atom. The molecule has 0 heteroatoms. The van der Waals surface area contributed by atoms with Crippen molar-refractivity contribution < 1.29 is 0 Å². The fraction of sp³-hybridized carbons (Fsp3) is 0.238. The van der Waals surface area contributed by atoms with Gasteiger partial charge in [-0.1, -0.05) is 49.9 Å². The minimum Gasteiger partial charge on any atom is -0.0984 e. The summed E-state index contributed by atoms with van der Waals surface area (Å²) in [7, 11) is 0. The van der Waals surface area contributed by atoms with E-state index in [1.807, 2.05) is 6.08 Å². The highest BCUT2D eigenvalue weighted by atomic mass is 14.2. The van der Waals surface area contributed by atoms with Crippen LogP contribution in [0.1, 0.15) is 42.5 Å². The highest BCUT2D eigenvalue weighted by molar-refractivity contribution is 6.07. The predicted molar refractivity (Wildman–Crippen MR) is 94.5 cm³/mol. The van der Waals surface area contributed by atoms with E-state index in [9.17, 15) is 0 Å². The molecular weight excluding hydrogens is 252 g/mol. The fourth-order valence-corrected chi connectivity index (χ4v) is 3.49. The summed E-state index contributed by atoms with van der Waals surface area (Å²) < 4.78 is 0. The van der Waals surface area contributed by atoms with Crippen molar-refractivity contribution in [2.24, 2.45) is 0 Å². The van der Waals surface area contributed by atoms with Gasteiger partial charge in [0.15, 0.2) is 0 Å². The first-order chi connectivity index (χ1) is 10.1. The van der Waals surface area contributed by atoms with Crippen molar-refractivity contribution in [2.45, 2.75) is 34.1 Å². The van der Waals surface area contributed by atoms with Crippen molar-refractivity contribution in [3.05, 3.63) is 70.8 Å². The van der Waals surface area contributed by atoms with Gasteiger partial charge in [0, 0.05) is 0 Å². The topological polar surface area (TPSA) is 0 Å². The van der Waals surface area contributed by atoms with Gasteiger partial charge >= 0.3 is 0 Å². The summed E-state index contributed by atoms with van der Waals surface area (Å²) >= 11 is 0. The van der Waals surface area contributed by atoms with Crippen LogP contribution in [0.5, 0.6) is 0 Å². The van der Waals surface area contributed by atoms with Crippen LogP contribution in [0.3, 0.4) is 0 Å². The number of rotatable bonds is 2. The van der Waals surface area contributed by atoms with Crippen LogP contribution in [-0.4, -0.2) is 0 Å². The van der Waals surface area contributed by atoms with Crippen LogP contribution in [-0.2, 0) is 0 Å². The lowest BCUT2D eigenvalue weighted by Crippen LogP contribution is -1.94. The van der Waals surface area contributed by atoms with E-state index in [0.29, 0.717) is 0 Å². The molecule has 0 fully saturated rings. The van der Waals surface area contributed by atoms with Crippen LogP contribution >= 0.6 is 0 Å². The fourth-order valence-electron chi connectivity index (χ4n) is 3.49. The zero-order chi connectivity index (χ0) is 15.1. The Kier molecular flexibility index (Phi) is 3.33. The van der Waals surface area contributed by atoms with Gasteiger partial charge in [-0.25, -0.2) is 0 Å². The molecule has 106 valence electrons. The molecular formula is C21H22. The molecule has 0 aromatic heterocycles. The minimum absolute atomic E-state index is 1.05. The van der Waals surface area contributed by atoms with E-state index in [-0.39, 0.29) is 0 Å². The van der Waals surface area contributed by atoms with Crippen molar-refractivity contribution in [1.29, 1.82) is 0 Å². The molecule has 0 saturated heterocycles. The third-order valence-electron chi connectivity index (χ3n) is 4.75. The molecule has 0 unspecified atom stereocenters. The average molecular weight is 274 g/mol. The van der Waals surface area contributed by atoms with Crippen LogP contribution in [0.25, 0.3) is 21.9 Å². The van der Waals surface area contributed by atoms with Crippen LogP contribution in [0.2, 0.25) is 0 Å². The molecule has 0 radical (unpaired) electrons. The standard InChI is InChI=1S/C21H22/c1-6-16-11-14(4)17(7-2)19-10-8-9-18-15(5)13(3)12-20(16)21(18)19/h6,8-12H,1,7H2,2-5H3. The second kappa shape index (κ2) is 5.04. The Bertz CT molecular complexity index is 814. The molecule has 2 aromatic carbocycles. The Balaban J connectivity index is 2.58. The first kappa shape index (κ1) is 13.9. The summed E-state index contributed by atoms with van der Waals surface area (Å²) in [6, 6.07) is 9.03. The number of benzene rings is 2. The third-order valence-corrected chi connectivity index (χ3v) is 4.75. The Labute approximate surface area is 127 Å². The smallest absolute Gasteiger partial charge is 0.00271 e. The molecule has 21 heavy (non-hydrogen) atoms. The van der Waals surface area contributed by atoms with Gasteiger partial charge in [-0.2, -0.15) is 0 Å². The maximum absolute atomic E-state index is 4.03. The molecule has 2 aromatic rings. The van der Waals surface area contributed by atoms with Crippen molar-refractivity contribution in [1.82, 2.24) is 0 Å². The van der Waals surface area contributed by atoms with E-state index >= 15 is 0 Å². The molecule has 0 heterocycles. The molecule has 0 N–H and O–H groups in total. The average Bonchev–Trinajstić information content (AvgIpc) is 2.60. The second-order valence-electron chi connectivity index (χ2n) is 5.91. The van der Waals surface area contributed by atoms with Crippen molar-refractivity contribution in [3.8, 4) is 0 Å². The highest BCUT2D eigenvalue weighted by Crippen LogP contribution is 2.40. The quantitative estimate of drug-likeness (QED) is 0.609. The zero-order valence-corrected chi connectivity index (χ0v) is 13.4. The molecule has 0 aliphatic heterocycles. The Morgan fingerprint density at radius 3 is 2.52 bits per heavy atom. The first-order valence-electron chi connectivity index (χ1n) is 7.66. The minimum atomic E-state index is 1.05. The van der Waals surface area contributed by atoms with Crippen LogP contribution in [0, 0.1) is 13.8 Å². The van der Waals surface area contributed by atoms with Crippen LogP contribution in [0.15, 0.2) is 48.6 Å². The zero-order valence-electron chi connectivity index (χ0n) is 13.4. The Hall–Kier alpha value is -2.08. The van der Waals surface area contributed by atoms with E-state index in [2.05, 4.69) is 64.6 Å². The molecule has 1 aliphatic carbocycles. The number of hydrogen-bond donors (Lipinski definition) is 0. The molecule has 3 rings (SSSR count). The number of hydrogen-bond acceptors (Lipinski definition) is 0. The van der Waals surface area contributed by atoms with Crippen LogP contribution < -0.4 is 0 Å². The van der Waals surface area contributed by atoms with Gasteiger partial charge in [-0.15, -0.1) is 0 Å². The SMILES string of the molecule is C=CC1=CC(C)=C(CC)c2cccc3c(C)c(C)cc1c23. The van der Waals surface area contributed by atoms with Crippen molar-refractivity contribution in [2.75, 3.05) is 0 Å². The molecule has 0 saturated carbocycles. The monoisotopic (exact) mass is 274 g/mol. The largest absolute Gasteiger partial charge is 0.0984 e. The predicted octanol–water partition coefficient (Wildman–Crippen LogP) is 6.22. The van der Waals surface area contributed by atoms with Gasteiger partial charge in [0.25, 0.3) is 0 Å². The first-order valence-corrected chi connectivity index (χ1v) is 7.66. The van der Waals surface area contributed by atoms with Gasteiger partial charge in [-0.05, 0) is 76.9 Å². The summed E-state index contributed by atoms with van der Waals surface area (Å²) in [6.07, 6.45) is 5.33. The van der Waals surface area contributed by atoms with Gasteiger partial charge in [-0.3, -0.25) is 0 Å². The van der Waals surface area contributed by atoms with E-state index in [1.165, 1.54) is 49.7 Å². The van der Waals surface area contributed by atoms with E-state index in [0.717, 1.165) is 6.42 Å². The van der Waals surface area contributed by atoms with Crippen molar-refractivity contribution in [3.63, 3.8) is 0 Å². The molecule has 1 aliphatic rings. The van der Waals surface area contributed by atoms with E-state index in [1.54, 1.807) is 0 Å². The molecule has 0 atom stereocenters. The normalized spacial score (nSPS) is 14.2. The molecule has 0 amide bonds. The summed E-state index contributed by atoms with van der Waals surface area (Å²) in [5.41, 5.74) is 9.47. The Morgan fingerprint density at radius 2 is 1.86 bits per heavy atom. The second-order valence-corrected chi connectivity index (χ2v) is 5.91. The van der Waals surface area contributed by atoms with Gasteiger partial charge < -0.3 is 0 Å². The maximum atomic E-state index is 4.03. The number of allylic oxidation sites excluding steroid dienone is 5. The number of aryl methyl sites for hydroxylation is 2. The van der Waals surface area contributed by atoms with Gasteiger partial charge in [0.05, 0.1) is 0 Å². The van der Waals surface area contributed by atoms with E-state index in [4.69, 9.17) is 0 Å². The lowest BCUT2D eigenvalue weighted by molar-refractivity contribution is 1.22.